The van der Waals surface area contributed by atoms with Crippen LogP contribution in [0.3, 0.4) is 0 Å². The second-order valence-electron chi connectivity index (χ2n) is 7.51. The number of nitrogens with zero attached hydrogens (tertiary/aromatic N) is 4. The molecule has 0 spiro atoms. The Kier molecular flexibility index (Phi) is 6.52. The van der Waals surface area contributed by atoms with Crippen LogP contribution in [0.15, 0.2) is 18.7 Å². The average molecular weight is 503 g/mol. The van der Waals surface area contributed by atoms with Gasteiger partial charge >= 0.3 is 7.82 Å². The SMILES string of the molecule is Cc1cc(OP(=O)(O)O)c(F)c(CNc2ncnc3c2ncn3[C@@H]2O[C@H](CO)[C@@H](O)[C@H]2O)c1F. The number of aryl methyl sites for hydroxylation is 1. The second-order valence-corrected chi connectivity index (χ2v) is 8.67. The fourth-order valence-electron chi connectivity index (χ4n) is 3.61. The van der Waals surface area contributed by atoms with Crippen LogP contribution in [0.1, 0.15) is 17.4 Å². The zero-order valence-corrected chi connectivity index (χ0v) is 18.3. The van der Waals surface area contributed by atoms with Gasteiger partial charge in [0.15, 0.2) is 34.8 Å². The van der Waals surface area contributed by atoms with Gasteiger partial charge in [0.05, 0.1) is 12.9 Å². The molecule has 184 valence electrons. The van der Waals surface area contributed by atoms with E-state index in [9.17, 15) is 28.7 Å². The Balaban J connectivity index is 1.63. The van der Waals surface area contributed by atoms with Gasteiger partial charge in [-0.25, -0.2) is 28.3 Å². The molecule has 0 saturated carbocycles. The molecular formula is C18H20F2N5O8P. The van der Waals surface area contributed by atoms with Gasteiger partial charge in [-0.05, 0) is 18.6 Å². The third-order valence-corrected chi connectivity index (χ3v) is 5.67. The normalized spacial score (nSPS) is 22.9. The van der Waals surface area contributed by atoms with Crippen molar-refractivity contribution in [3.63, 3.8) is 0 Å². The summed E-state index contributed by atoms with van der Waals surface area (Å²) in [6.45, 7) is 0.254. The fourth-order valence-corrected chi connectivity index (χ4v) is 3.99. The summed E-state index contributed by atoms with van der Waals surface area (Å²) < 4.78 is 51.5. The molecule has 13 nitrogen and oxygen atoms in total. The van der Waals surface area contributed by atoms with Gasteiger partial charge in [0.2, 0.25) is 0 Å². The molecule has 0 bridgehead atoms. The molecule has 16 heteroatoms. The van der Waals surface area contributed by atoms with Crippen LogP contribution in [0.2, 0.25) is 0 Å². The average Bonchev–Trinajstić information content (AvgIpc) is 3.32. The molecule has 1 aromatic carbocycles. The lowest BCUT2D eigenvalue weighted by molar-refractivity contribution is -0.0511. The van der Waals surface area contributed by atoms with Gasteiger partial charge < -0.3 is 29.9 Å². The van der Waals surface area contributed by atoms with Gasteiger partial charge in [-0.3, -0.25) is 14.4 Å². The second kappa shape index (κ2) is 9.11. The van der Waals surface area contributed by atoms with Crippen LogP contribution >= 0.6 is 7.82 Å². The van der Waals surface area contributed by atoms with Crippen LogP contribution in [0.25, 0.3) is 11.2 Å². The number of hydrogen-bond donors (Lipinski definition) is 6. The van der Waals surface area contributed by atoms with Gasteiger partial charge in [-0.2, -0.15) is 0 Å². The maximum absolute atomic E-state index is 14.7. The van der Waals surface area contributed by atoms with Crippen molar-refractivity contribution in [2.75, 3.05) is 11.9 Å². The third kappa shape index (κ3) is 4.46. The Bertz CT molecular complexity index is 1270. The van der Waals surface area contributed by atoms with Crippen LogP contribution in [-0.4, -0.2) is 69.5 Å². The van der Waals surface area contributed by atoms with Crippen LogP contribution in [0, 0.1) is 18.6 Å². The van der Waals surface area contributed by atoms with Crippen LogP contribution in [0.5, 0.6) is 5.75 Å². The van der Waals surface area contributed by atoms with E-state index in [1.54, 1.807) is 0 Å². The van der Waals surface area contributed by atoms with E-state index in [0.29, 0.717) is 0 Å². The van der Waals surface area contributed by atoms with E-state index in [0.717, 1.165) is 12.4 Å². The third-order valence-electron chi connectivity index (χ3n) is 5.24. The molecule has 1 aliphatic heterocycles. The van der Waals surface area contributed by atoms with Crippen molar-refractivity contribution < 1.29 is 47.7 Å². The minimum absolute atomic E-state index is 0.0493. The first-order valence-corrected chi connectivity index (χ1v) is 11.3. The number of phosphoric ester groups is 1. The van der Waals surface area contributed by atoms with Crippen LogP contribution in [-0.2, 0) is 15.8 Å². The molecular weight excluding hydrogens is 483 g/mol. The molecule has 0 amide bonds. The van der Waals surface area contributed by atoms with Gasteiger partial charge in [0.1, 0.15) is 30.5 Å². The van der Waals surface area contributed by atoms with Gasteiger partial charge in [0, 0.05) is 12.1 Å². The van der Waals surface area contributed by atoms with E-state index in [1.807, 2.05) is 0 Å². The lowest BCUT2D eigenvalue weighted by Gasteiger charge is -2.16. The number of aliphatic hydroxyl groups excluding tert-OH is 3. The van der Waals surface area contributed by atoms with Crippen LogP contribution in [0.4, 0.5) is 14.6 Å². The largest absolute Gasteiger partial charge is 0.524 e. The van der Waals surface area contributed by atoms with Crippen molar-refractivity contribution in [1.82, 2.24) is 19.5 Å². The first-order chi connectivity index (χ1) is 16.0. The standard InChI is InChI=1S/C18H20F2N5O8P/c1-7-2-9(33-34(29,30)31)12(20)8(11(7)19)3-21-16-13-17(23-5-22-16)25(6-24-13)18-15(28)14(27)10(4-26)32-18/h2,5-6,10,14-15,18,26-28H,3-4H2,1H3,(H,21,22,23)(H2,29,30,31)/t10-,14-,15-,18-/m1/s1. The number of aromatic nitrogens is 4. The van der Waals surface area contributed by atoms with E-state index < -0.39 is 68.5 Å². The van der Waals surface area contributed by atoms with E-state index >= 15 is 0 Å². The van der Waals surface area contributed by atoms with E-state index in [-0.39, 0.29) is 22.5 Å². The number of hydrogen-bond acceptors (Lipinski definition) is 10. The molecule has 0 unspecified atom stereocenters. The number of nitrogens with one attached hydrogen (secondary N) is 1. The molecule has 4 atom stereocenters. The van der Waals surface area contributed by atoms with E-state index in [2.05, 4.69) is 24.8 Å². The van der Waals surface area contributed by atoms with Crippen molar-refractivity contribution in [2.45, 2.75) is 38.0 Å². The predicted octanol–water partition coefficient (Wildman–Crippen LogP) is 0.108. The summed E-state index contributed by atoms with van der Waals surface area (Å²) in [5.41, 5.74) is -0.371. The van der Waals surface area contributed by atoms with Crippen molar-refractivity contribution in [3.05, 3.63) is 41.5 Å². The summed E-state index contributed by atoms with van der Waals surface area (Å²) in [7, 11) is -5.09. The summed E-state index contributed by atoms with van der Waals surface area (Å²) in [6.07, 6.45) is -2.49. The highest BCUT2D eigenvalue weighted by Crippen LogP contribution is 2.40. The Morgan fingerprint density at radius 2 is 1.94 bits per heavy atom. The number of aliphatic hydroxyl groups is 3. The van der Waals surface area contributed by atoms with Gasteiger partial charge in [-0.1, -0.05) is 0 Å². The van der Waals surface area contributed by atoms with Crippen LogP contribution < -0.4 is 9.84 Å². The molecule has 3 aromatic rings. The Morgan fingerprint density at radius 3 is 2.59 bits per heavy atom. The molecule has 6 N–H and O–H groups in total. The van der Waals surface area contributed by atoms with E-state index in [1.165, 1.54) is 17.8 Å². The fraction of sp³-hybridized carbons (Fsp3) is 0.389. The van der Waals surface area contributed by atoms with E-state index in [4.69, 9.17) is 14.5 Å². The van der Waals surface area contributed by atoms with Crippen molar-refractivity contribution in [3.8, 4) is 5.75 Å². The monoisotopic (exact) mass is 503 g/mol. The summed E-state index contributed by atoms with van der Waals surface area (Å²) >= 11 is 0. The highest BCUT2D eigenvalue weighted by Gasteiger charge is 2.44. The molecule has 1 fully saturated rings. The number of anilines is 1. The number of phosphoric acid groups is 1. The number of imidazole rings is 1. The molecule has 34 heavy (non-hydrogen) atoms. The zero-order valence-electron chi connectivity index (χ0n) is 17.4. The Labute approximate surface area is 189 Å². The number of rotatable bonds is 7. The number of halogens is 2. The zero-order chi connectivity index (χ0) is 24.8. The summed E-state index contributed by atoms with van der Waals surface area (Å²) in [4.78, 5) is 30.1. The first-order valence-electron chi connectivity index (χ1n) is 9.78. The van der Waals surface area contributed by atoms with Gasteiger partial charge in [-0.15, -0.1) is 0 Å². The number of ether oxygens (including phenoxy) is 1. The lowest BCUT2D eigenvalue weighted by Crippen LogP contribution is -2.33. The Morgan fingerprint density at radius 1 is 1.21 bits per heavy atom. The Hall–Kier alpha value is -2.78. The van der Waals surface area contributed by atoms with Crippen molar-refractivity contribution >= 4 is 24.8 Å². The minimum Gasteiger partial charge on any atom is -0.401 e. The first kappa shape index (κ1) is 24.3. The maximum Gasteiger partial charge on any atom is 0.524 e. The predicted molar refractivity (Wildman–Crippen MR) is 109 cm³/mol. The molecule has 0 aliphatic carbocycles. The quantitative estimate of drug-likeness (QED) is 0.239. The number of benzene rings is 1. The molecule has 1 aliphatic rings. The molecule has 2 aromatic heterocycles. The topological polar surface area (TPSA) is 192 Å². The smallest absolute Gasteiger partial charge is 0.401 e. The summed E-state index contributed by atoms with van der Waals surface area (Å²) in [5.74, 6) is -3.02. The van der Waals surface area contributed by atoms with Crippen molar-refractivity contribution in [2.24, 2.45) is 0 Å². The lowest BCUT2D eigenvalue weighted by atomic mass is 10.1. The maximum atomic E-state index is 14.7. The summed E-state index contributed by atoms with van der Waals surface area (Å²) in [5, 5.41) is 32.2. The molecule has 4 rings (SSSR count). The van der Waals surface area contributed by atoms with Gasteiger partial charge in [0.25, 0.3) is 0 Å². The minimum atomic E-state index is -5.09. The number of fused-ring (bicyclic) bond motifs is 1. The molecule has 1 saturated heterocycles. The highest BCUT2D eigenvalue weighted by molar-refractivity contribution is 7.46. The highest BCUT2D eigenvalue weighted by atomic mass is 31.2. The molecule has 3 heterocycles. The summed E-state index contributed by atoms with van der Waals surface area (Å²) in [6, 6.07) is 0.832. The van der Waals surface area contributed by atoms with Crippen molar-refractivity contribution in [1.29, 1.82) is 0 Å². The molecule has 0 radical (unpaired) electrons.